The molecule has 19 heavy (non-hydrogen) atoms. The molecule has 4 heteroatoms. The fourth-order valence-corrected chi connectivity index (χ4v) is 2.61. The van der Waals surface area contributed by atoms with Crippen molar-refractivity contribution in [3.8, 4) is 5.69 Å². The molecule has 0 spiro atoms. The first kappa shape index (κ1) is 12.1. The molecule has 3 rings (SSSR count). The van der Waals surface area contributed by atoms with Gasteiger partial charge in [0.05, 0.1) is 16.6 Å². The zero-order valence-electron chi connectivity index (χ0n) is 10.3. The van der Waals surface area contributed by atoms with Crippen LogP contribution in [0.5, 0.6) is 0 Å². The summed E-state index contributed by atoms with van der Waals surface area (Å²) in [5, 5.41) is 0.632. The van der Waals surface area contributed by atoms with Crippen molar-refractivity contribution >= 4 is 26.8 Å². The van der Waals surface area contributed by atoms with E-state index in [2.05, 4.69) is 20.9 Å². The van der Waals surface area contributed by atoms with Crippen LogP contribution in [0.1, 0.15) is 5.56 Å². The highest BCUT2D eigenvalue weighted by Gasteiger charge is 2.07. The highest BCUT2D eigenvalue weighted by atomic mass is 79.9. The van der Waals surface area contributed by atoms with Gasteiger partial charge < -0.3 is 0 Å². The van der Waals surface area contributed by atoms with Crippen molar-refractivity contribution in [1.29, 1.82) is 0 Å². The fraction of sp³-hybridized carbons (Fsp3) is 0.0667. The molecule has 1 heterocycles. The van der Waals surface area contributed by atoms with Gasteiger partial charge >= 0.3 is 0 Å². The first-order valence-corrected chi connectivity index (χ1v) is 6.69. The van der Waals surface area contributed by atoms with Gasteiger partial charge in [-0.25, -0.2) is 4.98 Å². The molecule has 2 aromatic carbocycles. The monoisotopic (exact) mass is 314 g/mol. The summed E-state index contributed by atoms with van der Waals surface area (Å²) in [7, 11) is 0. The van der Waals surface area contributed by atoms with Crippen LogP contribution < -0.4 is 5.56 Å². The average Bonchev–Trinajstić information content (AvgIpc) is 2.41. The molecule has 3 aromatic rings. The van der Waals surface area contributed by atoms with E-state index in [1.165, 1.54) is 0 Å². The number of aromatic nitrogens is 2. The second-order valence-electron chi connectivity index (χ2n) is 4.37. The lowest BCUT2D eigenvalue weighted by Crippen LogP contribution is -2.19. The Balaban J connectivity index is 2.31. The molecular weight excluding hydrogens is 304 g/mol. The van der Waals surface area contributed by atoms with Crippen LogP contribution in [0, 0.1) is 6.92 Å². The zero-order chi connectivity index (χ0) is 13.4. The predicted octanol–water partition coefficient (Wildman–Crippen LogP) is 3.46. The summed E-state index contributed by atoms with van der Waals surface area (Å²) in [5.74, 6) is 0. The Morgan fingerprint density at radius 3 is 2.74 bits per heavy atom. The molecule has 0 aliphatic rings. The van der Waals surface area contributed by atoms with Crippen molar-refractivity contribution in [2.45, 2.75) is 6.92 Å². The fourth-order valence-electron chi connectivity index (χ4n) is 2.13. The van der Waals surface area contributed by atoms with Gasteiger partial charge in [-0.05, 0) is 42.8 Å². The largest absolute Gasteiger partial charge is 0.268 e. The summed E-state index contributed by atoms with van der Waals surface area (Å²) in [6, 6.07) is 13.2. The van der Waals surface area contributed by atoms with Crippen LogP contribution in [0.3, 0.4) is 0 Å². The van der Waals surface area contributed by atoms with E-state index in [1.807, 2.05) is 43.3 Å². The highest BCUT2D eigenvalue weighted by Crippen LogP contribution is 2.18. The Hall–Kier alpha value is -1.94. The van der Waals surface area contributed by atoms with Gasteiger partial charge in [0, 0.05) is 4.47 Å². The summed E-state index contributed by atoms with van der Waals surface area (Å²) < 4.78 is 2.58. The van der Waals surface area contributed by atoms with E-state index in [-0.39, 0.29) is 5.56 Å². The van der Waals surface area contributed by atoms with Gasteiger partial charge in [0.2, 0.25) is 0 Å². The standard InChI is InChI=1S/C15H11BrN2O/c1-10-8-11(16)6-7-14(10)18-9-17-13-5-3-2-4-12(13)15(18)19/h2-9H,1H3. The Morgan fingerprint density at radius 1 is 1.16 bits per heavy atom. The lowest BCUT2D eigenvalue weighted by atomic mass is 10.2. The van der Waals surface area contributed by atoms with Gasteiger partial charge in [0.15, 0.2) is 0 Å². The number of benzene rings is 2. The van der Waals surface area contributed by atoms with E-state index in [1.54, 1.807) is 17.0 Å². The number of halogens is 1. The van der Waals surface area contributed by atoms with Crippen LogP contribution in [-0.2, 0) is 0 Å². The van der Waals surface area contributed by atoms with Crippen LogP contribution >= 0.6 is 15.9 Å². The number of hydrogen-bond acceptors (Lipinski definition) is 2. The molecule has 0 atom stereocenters. The lowest BCUT2D eigenvalue weighted by Gasteiger charge is -2.09. The molecule has 0 N–H and O–H groups in total. The molecule has 0 saturated carbocycles. The van der Waals surface area contributed by atoms with E-state index < -0.39 is 0 Å². The van der Waals surface area contributed by atoms with E-state index in [0.29, 0.717) is 5.39 Å². The molecule has 0 amide bonds. The molecule has 0 bridgehead atoms. The normalized spacial score (nSPS) is 10.8. The number of fused-ring (bicyclic) bond motifs is 1. The molecule has 0 radical (unpaired) electrons. The maximum Gasteiger partial charge on any atom is 0.265 e. The maximum absolute atomic E-state index is 12.5. The summed E-state index contributed by atoms with van der Waals surface area (Å²) in [5.41, 5.74) is 2.55. The van der Waals surface area contributed by atoms with Gasteiger partial charge in [-0.3, -0.25) is 9.36 Å². The quantitative estimate of drug-likeness (QED) is 0.689. The summed E-state index contributed by atoms with van der Waals surface area (Å²) in [4.78, 5) is 16.8. The number of rotatable bonds is 1. The lowest BCUT2D eigenvalue weighted by molar-refractivity contribution is 0.952. The number of hydrogen-bond donors (Lipinski definition) is 0. The summed E-state index contributed by atoms with van der Waals surface area (Å²) in [6.45, 7) is 1.97. The topological polar surface area (TPSA) is 34.9 Å². The van der Waals surface area contributed by atoms with Gasteiger partial charge in [-0.1, -0.05) is 28.1 Å². The van der Waals surface area contributed by atoms with Crippen LogP contribution in [0.25, 0.3) is 16.6 Å². The zero-order valence-corrected chi connectivity index (χ0v) is 11.9. The Morgan fingerprint density at radius 2 is 1.95 bits per heavy atom. The number of para-hydroxylation sites is 1. The van der Waals surface area contributed by atoms with Crippen molar-refractivity contribution in [2.75, 3.05) is 0 Å². The Bertz CT molecular complexity index is 824. The minimum atomic E-state index is -0.0453. The first-order chi connectivity index (χ1) is 9.16. The predicted molar refractivity (Wildman–Crippen MR) is 79.8 cm³/mol. The molecule has 0 aliphatic heterocycles. The second kappa shape index (κ2) is 4.63. The van der Waals surface area contributed by atoms with Crippen molar-refractivity contribution in [1.82, 2.24) is 9.55 Å². The average molecular weight is 315 g/mol. The van der Waals surface area contributed by atoms with Crippen molar-refractivity contribution in [3.63, 3.8) is 0 Å². The molecule has 0 saturated heterocycles. The van der Waals surface area contributed by atoms with E-state index in [4.69, 9.17) is 0 Å². The smallest absolute Gasteiger partial charge is 0.265 e. The van der Waals surface area contributed by atoms with E-state index in [9.17, 15) is 4.79 Å². The third-order valence-electron chi connectivity index (χ3n) is 3.08. The van der Waals surface area contributed by atoms with Gasteiger partial charge in [0.1, 0.15) is 6.33 Å². The number of aryl methyl sites for hydroxylation is 1. The minimum absolute atomic E-state index is 0.0453. The molecule has 1 aromatic heterocycles. The van der Waals surface area contributed by atoms with Crippen LogP contribution in [0.4, 0.5) is 0 Å². The van der Waals surface area contributed by atoms with Gasteiger partial charge in [-0.15, -0.1) is 0 Å². The molecule has 0 aliphatic carbocycles. The van der Waals surface area contributed by atoms with Gasteiger partial charge in [0.25, 0.3) is 5.56 Å². The summed E-state index contributed by atoms with van der Waals surface area (Å²) >= 11 is 3.42. The third kappa shape index (κ3) is 2.08. The molecule has 3 nitrogen and oxygen atoms in total. The second-order valence-corrected chi connectivity index (χ2v) is 5.28. The third-order valence-corrected chi connectivity index (χ3v) is 3.58. The summed E-state index contributed by atoms with van der Waals surface area (Å²) in [6.07, 6.45) is 1.58. The molecule has 94 valence electrons. The van der Waals surface area contributed by atoms with Crippen molar-refractivity contribution < 1.29 is 0 Å². The Kier molecular flexibility index (Phi) is 2.95. The van der Waals surface area contributed by atoms with Gasteiger partial charge in [-0.2, -0.15) is 0 Å². The molecule has 0 unspecified atom stereocenters. The minimum Gasteiger partial charge on any atom is -0.268 e. The van der Waals surface area contributed by atoms with E-state index in [0.717, 1.165) is 21.2 Å². The molecular formula is C15H11BrN2O. The maximum atomic E-state index is 12.5. The first-order valence-electron chi connectivity index (χ1n) is 5.90. The van der Waals surface area contributed by atoms with E-state index >= 15 is 0 Å². The highest BCUT2D eigenvalue weighted by molar-refractivity contribution is 9.10. The number of nitrogens with zero attached hydrogens (tertiary/aromatic N) is 2. The van der Waals surface area contributed by atoms with Crippen LogP contribution in [0.15, 0.2) is 58.1 Å². The van der Waals surface area contributed by atoms with Crippen molar-refractivity contribution in [2.24, 2.45) is 0 Å². The molecule has 0 fully saturated rings. The SMILES string of the molecule is Cc1cc(Br)ccc1-n1cnc2ccccc2c1=O. The van der Waals surface area contributed by atoms with Crippen molar-refractivity contribution in [3.05, 3.63) is 69.2 Å². The van der Waals surface area contributed by atoms with Crippen LogP contribution in [-0.4, -0.2) is 9.55 Å². The van der Waals surface area contributed by atoms with Crippen LogP contribution in [0.2, 0.25) is 0 Å². The Labute approximate surface area is 118 Å².